The van der Waals surface area contributed by atoms with Gasteiger partial charge in [-0.1, -0.05) is 12.1 Å². The molecule has 0 unspecified atom stereocenters. The lowest BCUT2D eigenvalue weighted by Gasteiger charge is -2.10. The summed E-state index contributed by atoms with van der Waals surface area (Å²) in [6.07, 6.45) is 8.12. The molecule has 3 aromatic heterocycles. The van der Waals surface area contributed by atoms with Crippen LogP contribution in [0, 0.1) is 0 Å². The Morgan fingerprint density at radius 2 is 2.08 bits per heavy atom. The summed E-state index contributed by atoms with van der Waals surface area (Å²) in [6.45, 7) is 1.02. The van der Waals surface area contributed by atoms with E-state index in [9.17, 15) is 0 Å². The number of nitrogens with zero attached hydrogens (tertiary/aromatic N) is 4. The van der Waals surface area contributed by atoms with E-state index in [1.807, 2.05) is 24.5 Å². The number of ether oxygens (including phenoxy) is 1. The molecule has 4 heterocycles. The van der Waals surface area contributed by atoms with Crippen LogP contribution in [0.15, 0.2) is 55.0 Å². The zero-order valence-electron chi connectivity index (χ0n) is 14.0. The largest absolute Gasteiger partial charge is 0.497 e. The van der Waals surface area contributed by atoms with Crippen LogP contribution in [0.4, 0.5) is 0 Å². The average molecular weight is 330 g/mol. The van der Waals surface area contributed by atoms with Gasteiger partial charge in [0.05, 0.1) is 18.5 Å². The maximum absolute atomic E-state index is 5.40. The molecular formula is C20H18N4O. The summed E-state index contributed by atoms with van der Waals surface area (Å²) in [5, 5.41) is 0. The summed E-state index contributed by atoms with van der Waals surface area (Å²) >= 11 is 0. The molecule has 0 spiro atoms. The molecule has 4 aromatic rings. The number of pyridine rings is 1. The Bertz CT molecular complexity index is 1080. The standard InChI is InChI=1S/C20H18N4O/c1-25-16-5-2-4-14(12-16)19-20(24-10-3-6-18(24)22-19)15-7-8-17-21-9-11-23(17)13-15/h2,4-5,7-9,11-13H,3,6,10H2,1H3. The number of rotatable bonds is 3. The third kappa shape index (κ3) is 2.23. The molecule has 0 saturated heterocycles. The van der Waals surface area contributed by atoms with Gasteiger partial charge in [0.25, 0.3) is 0 Å². The Kier molecular flexibility index (Phi) is 3.13. The molecular weight excluding hydrogens is 312 g/mol. The first-order valence-corrected chi connectivity index (χ1v) is 8.50. The second-order valence-electron chi connectivity index (χ2n) is 6.32. The van der Waals surface area contributed by atoms with Crippen LogP contribution >= 0.6 is 0 Å². The lowest BCUT2D eigenvalue weighted by atomic mass is 10.1. The van der Waals surface area contributed by atoms with Gasteiger partial charge < -0.3 is 13.7 Å². The first-order valence-electron chi connectivity index (χ1n) is 8.50. The van der Waals surface area contributed by atoms with E-state index in [-0.39, 0.29) is 0 Å². The number of methoxy groups -OCH3 is 1. The lowest BCUT2D eigenvalue weighted by molar-refractivity contribution is 0.415. The van der Waals surface area contributed by atoms with E-state index in [1.54, 1.807) is 7.11 Å². The van der Waals surface area contributed by atoms with Crippen molar-refractivity contribution >= 4 is 5.65 Å². The number of hydrogen-bond donors (Lipinski definition) is 0. The van der Waals surface area contributed by atoms with E-state index in [2.05, 4.69) is 44.4 Å². The van der Waals surface area contributed by atoms with Gasteiger partial charge in [-0.05, 0) is 30.7 Å². The molecule has 0 radical (unpaired) electrons. The fraction of sp³-hybridized carbons (Fsp3) is 0.200. The smallest absolute Gasteiger partial charge is 0.136 e. The zero-order chi connectivity index (χ0) is 16.8. The van der Waals surface area contributed by atoms with Crippen LogP contribution < -0.4 is 4.74 Å². The number of benzene rings is 1. The second kappa shape index (κ2) is 5.48. The number of aryl methyl sites for hydroxylation is 1. The third-order valence-corrected chi connectivity index (χ3v) is 4.83. The van der Waals surface area contributed by atoms with E-state index in [4.69, 9.17) is 9.72 Å². The fourth-order valence-corrected chi connectivity index (χ4v) is 3.65. The van der Waals surface area contributed by atoms with Crippen molar-refractivity contribution in [3.05, 3.63) is 60.8 Å². The van der Waals surface area contributed by atoms with Gasteiger partial charge in [0, 0.05) is 42.7 Å². The Labute approximate surface area is 145 Å². The van der Waals surface area contributed by atoms with E-state index in [1.165, 1.54) is 11.5 Å². The van der Waals surface area contributed by atoms with E-state index in [0.717, 1.165) is 47.6 Å². The molecule has 0 aliphatic carbocycles. The van der Waals surface area contributed by atoms with Gasteiger partial charge in [0.2, 0.25) is 0 Å². The van der Waals surface area contributed by atoms with Crippen LogP contribution in [0.2, 0.25) is 0 Å². The van der Waals surface area contributed by atoms with Crippen LogP contribution in [-0.4, -0.2) is 26.0 Å². The molecule has 5 heteroatoms. The van der Waals surface area contributed by atoms with Crippen molar-refractivity contribution in [2.24, 2.45) is 0 Å². The highest BCUT2D eigenvalue weighted by atomic mass is 16.5. The van der Waals surface area contributed by atoms with Crippen molar-refractivity contribution in [1.82, 2.24) is 18.9 Å². The number of aromatic nitrogens is 4. The van der Waals surface area contributed by atoms with Crippen LogP contribution in [0.1, 0.15) is 12.2 Å². The molecule has 0 atom stereocenters. The second-order valence-corrected chi connectivity index (χ2v) is 6.32. The van der Waals surface area contributed by atoms with Gasteiger partial charge in [-0.25, -0.2) is 9.97 Å². The van der Waals surface area contributed by atoms with Gasteiger partial charge >= 0.3 is 0 Å². The normalized spacial score (nSPS) is 13.3. The molecule has 0 amide bonds. The van der Waals surface area contributed by atoms with E-state index in [0.29, 0.717) is 0 Å². The molecule has 5 nitrogen and oxygen atoms in total. The first kappa shape index (κ1) is 14.3. The maximum Gasteiger partial charge on any atom is 0.136 e. The Hall–Kier alpha value is -3.08. The summed E-state index contributed by atoms with van der Waals surface area (Å²) < 4.78 is 9.81. The predicted octanol–water partition coefficient (Wildman–Crippen LogP) is 3.82. The van der Waals surface area contributed by atoms with Crippen LogP contribution in [0.3, 0.4) is 0 Å². The van der Waals surface area contributed by atoms with Crippen LogP contribution in [-0.2, 0) is 13.0 Å². The molecule has 1 aromatic carbocycles. The predicted molar refractivity (Wildman–Crippen MR) is 96.7 cm³/mol. The van der Waals surface area contributed by atoms with Crippen LogP contribution in [0.25, 0.3) is 28.2 Å². The van der Waals surface area contributed by atoms with Crippen molar-refractivity contribution in [1.29, 1.82) is 0 Å². The van der Waals surface area contributed by atoms with Crippen molar-refractivity contribution in [2.45, 2.75) is 19.4 Å². The lowest BCUT2D eigenvalue weighted by Crippen LogP contribution is -1.97. The SMILES string of the molecule is COc1cccc(-c2nc3n(c2-c2ccc4nccn4c2)CCC3)c1. The van der Waals surface area contributed by atoms with E-state index >= 15 is 0 Å². The quantitative estimate of drug-likeness (QED) is 0.573. The average Bonchev–Trinajstić information content (AvgIpc) is 3.36. The Morgan fingerprint density at radius 1 is 1.12 bits per heavy atom. The summed E-state index contributed by atoms with van der Waals surface area (Å²) in [4.78, 5) is 9.30. The Morgan fingerprint density at radius 3 is 3.00 bits per heavy atom. The van der Waals surface area contributed by atoms with Crippen molar-refractivity contribution < 1.29 is 4.74 Å². The highest BCUT2D eigenvalue weighted by molar-refractivity contribution is 5.80. The highest BCUT2D eigenvalue weighted by Gasteiger charge is 2.23. The molecule has 0 bridgehead atoms. The van der Waals surface area contributed by atoms with E-state index < -0.39 is 0 Å². The molecule has 124 valence electrons. The number of hydrogen-bond acceptors (Lipinski definition) is 3. The monoisotopic (exact) mass is 330 g/mol. The molecule has 0 N–H and O–H groups in total. The summed E-state index contributed by atoms with van der Waals surface area (Å²) in [6, 6.07) is 12.3. The minimum absolute atomic E-state index is 0.849. The molecule has 0 saturated carbocycles. The van der Waals surface area contributed by atoms with Gasteiger partial charge in [-0.2, -0.15) is 0 Å². The zero-order valence-corrected chi connectivity index (χ0v) is 14.0. The molecule has 1 aliphatic rings. The highest BCUT2D eigenvalue weighted by Crippen LogP contribution is 2.36. The summed E-state index contributed by atoms with van der Waals surface area (Å²) in [7, 11) is 1.69. The topological polar surface area (TPSA) is 44.3 Å². The van der Waals surface area contributed by atoms with Gasteiger partial charge in [0.15, 0.2) is 0 Å². The van der Waals surface area contributed by atoms with Crippen molar-refractivity contribution in [3.63, 3.8) is 0 Å². The van der Waals surface area contributed by atoms with Gasteiger partial charge in [0.1, 0.15) is 17.2 Å². The van der Waals surface area contributed by atoms with Crippen molar-refractivity contribution in [3.8, 4) is 28.3 Å². The Balaban J connectivity index is 1.74. The molecule has 25 heavy (non-hydrogen) atoms. The van der Waals surface area contributed by atoms with Gasteiger partial charge in [-0.3, -0.25) is 0 Å². The molecule has 1 aliphatic heterocycles. The fourth-order valence-electron chi connectivity index (χ4n) is 3.65. The minimum atomic E-state index is 0.849. The molecule has 5 rings (SSSR count). The number of fused-ring (bicyclic) bond motifs is 2. The first-order chi connectivity index (χ1) is 12.3. The summed E-state index contributed by atoms with van der Waals surface area (Å²) in [5.74, 6) is 2.01. The van der Waals surface area contributed by atoms with Crippen LogP contribution in [0.5, 0.6) is 5.75 Å². The minimum Gasteiger partial charge on any atom is -0.497 e. The number of imidazole rings is 2. The van der Waals surface area contributed by atoms with Gasteiger partial charge in [-0.15, -0.1) is 0 Å². The summed E-state index contributed by atoms with van der Waals surface area (Å²) in [5.41, 5.74) is 5.39. The van der Waals surface area contributed by atoms with Crippen molar-refractivity contribution in [2.75, 3.05) is 7.11 Å². The maximum atomic E-state index is 5.40. The molecule has 0 fully saturated rings. The third-order valence-electron chi connectivity index (χ3n) is 4.83.